The molecule has 0 fully saturated rings. The highest BCUT2D eigenvalue weighted by Gasteiger charge is 2.09. The lowest BCUT2D eigenvalue weighted by Gasteiger charge is -2.12. The highest BCUT2D eigenvalue weighted by Crippen LogP contribution is 2.25. The minimum absolute atomic E-state index is 0.0709. The third-order valence-electron chi connectivity index (χ3n) is 3.39. The van der Waals surface area contributed by atoms with Gasteiger partial charge in [0.15, 0.2) is 6.61 Å². The van der Waals surface area contributed by atoms with Crippen LogP contribution in [0.15, 0.2) is 54.7 Å². The summed E-state index contributed by atoms with van der Waals surface area (Å²) in [6, 6.07) is 11.5. The number of hydrogen-bond acceptors (Lipinski definition) is 5. The minimum atomic E-state index is -0.432. The van der Waals surface area contributed by atoms with Crippen molar-refractivity contribution in [2.24, 2.45) is 0 Å². The van der Waals surface area contributed by atoms with Crippen LogP contribution in [0.4, 0.5) is 5.69 Å². The van der Waals surface area contributed by atoms with Crippen LogP contribution in [0.3, 0.4) is 0 Å². The molecule has 0 aromatic heterocycles. The minimum Gasteiger partial charge on any atom is -0.497 e. The Balaban J connectivity index is 1.70. The molecule has 0 heterocycles. The Labute approximate surface area is 172 Å². The predicted octanol–water partition coefficient (Wildman–Crippen LogP) is 3.54. The molecule has 0 aliphatic rings. The Morgan fingerprint density at radius 1 is 1.00 bits per heavy atom. The lowest BCUT2D eigenvalue weighted by atomic mass is 10.3. The predicted molar refractivity (Wildman–Crippen MR) is 109 cm³/mol. The molecule has 2 rings (SSSR count). The number of carbonyl (C=O) groups excluding carboxylic acids is 2. The van der Waals surface area contributed by atoms with Crippen LogP contribution in [0, 0.1) is 0 Å². The molecule has 0 aliphatic heterocycles. The normalized spacial score (nSPS) is 9.96. The van der Waals surface area contributed by atoms with E-state index >= 15 is 0 Å². The van der Waals surface area contributed by atoms with Crippen LogP contribution < -0.4 is 25.6 Å². The number of carbonyl (C=O) groups is 2. The van der Waals surface area contributed by atoms with Crippen LogP contribution in [0.1, 0.15) is 6.42 Å². The van der Waals surface area contributed by atoms with Gasteiger partial charge in [0.2, 0.25) is 5.91 Å². The molecule has 2 aromatic carbocycles. The Hall–Kier alpha value is -2.90. The van der Waals surface area contributed by atoms with Gasteiger partial charge in [-0.1, -0.05) is 29.8 Å². The van der Waals surface area contributed by atoms with E-state index in [-0.39, 0.29) is 18.9 Å². The summed E-state index contributed by atoms with van der Waals surface area (Å²) in [5, 5.41) is 3.42. The largest absolute Gasteiger partial charge is 0.497 e. The average Bonchev–Trinajstić information content (AvgIpc) is 2.67. The molecule has 7 nitrogen and oxygen atoms in total. The van der Waals surface area contributed by atoms with Crippen molar-refractivity contribution in [1.82, 2.24) is 10.9 Å². The molecular weight excluding hydrogens is 405 g/mol. The third kappa shape index (κ3) is 7.02. The van der Waals surface area contributed by atoms with E-state index in [1.54, 1.807) is 43.5 Å². The smallest absolute Gasteiger partial charge is 0.276 e. The van der Waals surface area contributed by atoms with Crippen molar-refractivity contribution in [3.05, 3.63) is 64.8 Å². The fourth-order valence-electron chi connectivity index (χ4n) is 2.04. The van der Waals surface area contributed by atoms with Gasteiger partial charge >= 0.3 is 0 Å². The first-order chi connectivity index (χ1) is 13.4. The summed E-state index contributed by atoms with van der Waals surface area (Å²) in [7, 11) is 1.56. The highest BCUT2D eigenvalue weighted by molar-refractivity contribution is 6.36. The van der Waals surface area contributed by atoms with Crippen molar-refractivity contribution in [2.45, 2.75) is 6.42 Å². The number of anilines is 1. The SMILES string of the molecule is C=C(CC(=O)Nc1ccc(Cl)cc1Cl)NNC(=O)COc1ccc(OC)cc1. The van der Waals surface area contributed by atoms with E-state index in [0.717, 1.165) is 0 Å². The zero-order valence-electron chi connectivity index (χ0n) is 15.1. The zero-order valence-corrected chi connectivity index (χ0v) is 16.6. The zero-order chi connectivity index (χ0) is 20.5. The molecule has 3 N–H and O–H groups in total. The van der Waals surface area contributed by atoms with Crippen molar-refractivity contribution < 1.29 is 19.1 Å². The van der Waals surface area contributed by atoms with Gasteiger partial charge in [-0.25, -0.2) is 0 Å². The molecular formula is C19H19Cl2N3O4. The van der Waals surface area contributed by atoms with Crippen molar-refractivity contribution in [1.29, 1.82) is 0 Å². The molecule has 0 radical (unpaired) electrons. The van der Waals surface area contributed by atoms with Gasteiger partial charge in [-0.15, -0.1) is 0 Å². The van der Waals surface area contributed by atoms with Crippen LogP contribution >= 0.6 is 23.2 Å². The number of methoxy groups -OCH3 is 1. The molecule has 0 spiro atoms. The molecule has 0 saturated heterocycles. The Morgan fingerprint density at radius 2 is 1.68 bits per heavy atom. The van der Waals surface area contributed by atoms with E-state index in [9.17, 15) is 9.59 Å². The van der Waals surface area contributed by atoms with E-state index in [1.165, 1.54) is 6.07 Å². The van der Waals surface area contributed by atoms with E-state index < -0.39 is 5.91 Å². The van der Waals surface area contributed by atoms with Gasteiger partial charge < -0.3 is 20.2 Å². The maximum absolute atomic E-state index is 12.0. The Kier molecular flexibility index (Phi) is 7.98. The molecule has 2 amide bonds. The van der Waals surface area contributed by atoms with Crippen LogP contribution in [-0.4, -0.2) is 25.5 Å². The number of hydrogen-bond donors (Lipinski definition) is 3. The summed E-state index contributed by atoms with van der Waals surface area (Å²) in [4.78, 5) is 23.8. The summed E-state index contributed by atoms with van der Waals surface area (Å²) in [5.41, 5.74) is 5.69. The van der Waals surface area contributed by atoms with Gasteiger partial charge in [0.05, 0.1) is 24.2 Å². The van der Waals surface area contributed by atoms with Crippen molar-refractivity contribution in [3.8, 4) is 11.5 Å². The van der Waals surface area contributed by atoms with Crippen LogP contribution in [-0.2, 0) is 9.59 Å². The summed E-state index contributed by atoms with van der Waals surface area (Å²) < 4.78 is 10.4. The van der Waals surface area contributed by atoms with E-state index in [1.807, 2.05) is 0 Å². The lowest BCUT2D eigenvalue weighted by molar-refractivity contribution is -0.124. The lowest BCUT2D eigenvalue weighted by Crippen LogP contribution is -2.40. The fraction of sp³-hybridized carbons (Fsp3) is 0.158. The quantitative estimate of drug-likeness (QED) is 0.536. The van der Waals surface area contributed by atoms with Crippen molar-refractivity contribution in [3.63, 3.8) is 0 Å². The molecule has 0 atom stereocenters. The van der Waals surface area contributed by atoms with E-state index in [0.29, 0.717) is 32.9 Å². The van der Waals surface area contributed by atoms with Crippen LogP contribution in [0.2, 0.25) is 10.0 Å². The summed E-state index contributed by atoms with van der Waals surface area (Å²) >= 11 is 11.8. The van der Waals surface area contributed by atoms with Gasteiger partial charge in [0.25, 0.3) is 5.91 Å². The number of benzene rings is 2. The third-order valence-corrected chi connectivity index (χ3v) is 3.94. The van der Waals surface area contributed by atoms with Crippen molar-refractivity contribution in [2.75, 3.05) is 19.0 Å². The molecule has 28 heavy (non-hydrogen) atoms. The van der Waals surface area contributed by atoms with Gasteiger partial charge in [-0.3, -0.25) is 15.0 Å². The maximum atomic E-state index is 12.0. The molecule has 0 bridgehead atoms. The summed E-state index contributed by atoms with van der Waals surface area (Å²) in [6.07, 6.45) is -0.0709. The summed E-state index contributed by atoms with van der Waals surface area (Å²) in [6.45, 7) is 3.48. The first kappa shape index (κ1) is 21.4. The fourth-order valence-corrected chi connectivity index (χ4v) is 2.49. The molecule has 2 aromatic rings. The summed E-state index contributed by atoms with van der Waals surface area (Å²) in [5.74, 6) is 0.422. The van der Waals surface area contributed by atoms with Gasteiger partial charge in [-0.05, 0) is 42.5 Å². The van der Waals surface area contributed by atoms with Crippen LogP contribution in [0.5, 0.6) is 11.5 Å². The second kappa shape index (κ2) is 10.4. The van der Waals surface area contributed by atoms with Gasteiger partial charge in [0, 0.05) is 10.7 Å². The number of nitrogens with one attached hydrogen (secondary N) is 3. The van der Waals surface area contributed by atoms with Crippen LogP contribution in [0.25, 0.3) is 0 Å². The monoisotopic (exact) mass is 423 g/mol. The average molecular weight is 424 g/mol. The first-order valence-corrected chi connectivity index (χ1v) is 8.87. The molecule has 9 heteroatoms. The topological polar surface area (TPSA) is 88.7 Å². The second-order valence-corrected chi connectivity index (χ2v) is 6.43. The second-order valence-electron chi connectivity index (χ2n) is 5.59. The standard InChI is InChI=1S/C19H19Cl2N3O4/c1-12(9-18(25)22-17-8-3-13(20)10-16(17)21)23-24-19(26)11-28-15-6-4-14(27-2)5-7-15/h3-8,10,23H,1,9,11H2,2H3,(H,22,25)(H,24,26). The van der Waals surface area contributed by atoms with Gasteiger partial charge in [-0.2, -0.15) is 0 Å². The number of rotatable bonds is 9. The molecule has 0 saturated carbocycles. The molecule has 0 aliphatic carbocycles. The Morgan fingerprint density at radius 3 is 2.32 bits per heavy atom. The Bertz CT molecular complexity index is 857. The number of ether oxygens (including phenoxy) is 2. The van der Waals surface area contributed by atoms with E-state index in [2.05, 4.69) is 22.7 Å². The number of amides is 2. The highest BCUT2D eigenvalue weighted by atomic mass is 35.5. The molecule has 0 unspecified atom stereocenters. The maximum Gasteiger partial charge on any atom is 0.276 e. The van der Waals surface area contributed by atoms with Gasteiger partial charge in [0.1, 0.15) is 11.5 Å². The van der Waals surface area contributed by atoms with Crippen molar-refractivity contribution >= 4 is 40.7 Å². The molecule has 148 valence electrons. The number of hydrazine groups is 1. The first-order valence-electron chi connectivity index (χ1n) is 8.11. The van der Waals surface area contributed by atoms with E-state index in [4.69, 9.17) is 32.7 Å². The number of halogens is 2.